The molecule has 1 fully saturated rings. The Hall–Kier alpha value is -1.86. The van der Waals surface area contributed by atoms with Crippen molar-refractivity contribution in [2.75, 3.05) is 30.4 Å². The van der Waals surface area contributed by atoms with Crippen LogP contribution in [0, 0.1) is 0 Å². The number of hydrogen-bond acceptors (Lipinski definition) is 6. The van der Waals surface area contributed by atoms with Crippen molar-refractivity contribution in [3.8, 4) is 0 Å². The molecule has 0 bridgehead atoms. The Kier molecular flexibility index (Phi) is 3.70. The lowest BCUT2D eigenvalue weighted by Crippen LogP contribution is -2.42. The van der Waals surface area contributed by atoms with Crippen LogP contribution in [0.15, 0.2) is 18.6 Å². The molecule has 7 nitrogen and oxygen atoms in total. The molecule has 1 aliphatic heterocycles. The largest absolute Gasteiger partial charge is 0.363 e. The third-order valence-corrected chi connectivity index (χ3v) is 3.82. The molecule has 0 radical (unpaired) electrons. The number of hydrazine groups is 1. The topological polar surface area (TPSA) is 83.5 Å². The standard InChI is InChI=1S/C13H21N7/c1-2-19-6-3-4-10(8-19)16-12-13-15-5-7-20(13)9-11(17-12)18-14/h5,7,9-10,18H,2-4,6,8,14H2,1H3,(H,16,17). The Morgan fingerprint density at radius 3 is 3.20 bits per heavy atom. The SMILES string of the molecule is CCN1CCCC(Nc2nc(NN)cn3ccnc23)C1. The van der Waals surface area contributed by atoms with E-state index < -0.39 is 0 Å². The number of rotatable bonds is 4. The zero-order valence-corrected chi connectivity index (χ0v) is 11.7. The minimum absolute atomic E-state index is 0.407. The van der Waals surface area contributed by atoms with E-state index in [1.54, 1.807) is 6.20 Å². The van der Waals surface area contributed by atoms with Crippen LogP contribution in [0.1, 0.15) is 19.8 Å². The molecule has 4 N–H and O–H groups in total. The van der Waals surface area contributed by atoms with Crippen LogP contribution in [-0.2, 0) is 0 Å². The molecule has 1 atom stereocenters. The van der Waals surface area contributed by atoms with Crippen LogP contribution in [-0.4, -0.2) is 44.9 Å². The van der Waals surface area contributed by atoms with Gasteiger partial charge in [0.2, 0.25) is 0 Å². The maximum Gasteiger partial charge on any atom is 0.180 e. The van der Waals surface area contributed by atoms with Gasteiger partial charge >= 0.3 is 0 Å². The summed E-state index contributed by atoms with van der Waals surface area (Å²) in [7, 11) is 0. The summed E-state index contributed by atoms with van der Waals surface area (Å²) in [6.45, 7) is 5.53. The van der Waals surface area contributed by atoms with Crippen LogP contribution < -0.4 is 16.6 Å². The third kappa shape index (κ3) is 2.54. The number of nitrogens with zero attached hydrogens (tertiary/aromatic N) is 4. The summed E-state index contributed by atoms with van der Waals surface area (Å²) < 4.78 is 1.92. The van der Waals surface area contributed by atoms with E-state index in [0.29, 0.717) is 11.9 Å². The van der Waals surface area contributed by atoms with E-state index in [2.05, 4.69) is 32.5 Å². The van der Waals surface area contributed by atoms with E-state index in [4.69, 9.17) is 5.84 Å². The van der Waals surface area contributed by atoms with Crippen molar-refractivity contribution < 1.29 is 0 Å². The zero-order valence-electron chi connectivity index (χ0n) is 11.7. The van der Waals surface area contributed by atoms with Gasteiger partial charge in [-0.3, -0.25) is 0 Å². The van der Waals surface area contributed by atoms with Gasteiger partial charge in [-0.25, -0.2) is 15.8 Å². The number of nitrogens with two attached hydrogens (primary N) is 1. The highest BCUT2D eigenvalue weighted by Gasteiger charge is 2.20. The molecule has 0 saturated carbocycles. The van der Waals surface area contributed by atoms with Crippen molar-refractivity contribution in [2.24, 2.45) is 5.84 Å². The van der Waals surface area contributed by atoms with Gasteiger partial charge in [0.05, 0.1) is 6.20 Å². The Morgan fingerprint density at radius 2 is 2.40 bits per heavy atom. The quantitative estimate of drug-likeness (QED) is 0.568. The Morgan fingerprint density at radius 1 is 1.50 bits per heavy atom. The first-order valence-corrected chi connectivity index (χ1v) is 7.09. The van der Waals surface area contributed by atoms with Crippen molar-refractivity contribution in [1.29, 1.82) is 0 Å². The minimum Gasteiger partial charge on any atom is -0.363 e. The lowest BCUT2D eigenvalue weighted by Gasteiger charge is -2.32. The predicted octanol–water partition coefficient (Wildman–Crippen LogP) is 0.911. The number of likely N-dealkylation sites (N-methyl/N-ethyl adjacent to an activating group) is 1. The van der Waals surface area contributed by atoms with Gasteiger partial charge in [0.1, 0.15) is 0 Å². The fourth-order valence-electron chi connectivity index (χ4n) is 2.75. The van der Waals surface area contributed by atoms with E-state index in [0.717, 1.165) is 31.0 Å². The second-order valence-electron chi connectivity index (χ2n) is 5.15. The van der Waals surface area contributed by atoms with Crippen LogP contribution in [0.25, 0.3) is 5.65 Å². The smallest absolute Gasteiger partial charge is 0.180 e. The molecule has 108 valence electrons. The summed E-state index contributed by atoms with van der Waals surface area (Å²) in [6, 6.07) is 0.407. The molecule has 20 heavy (non-hydrogen) atoms. The van der Waals surface area contributed by atoms with E-state index in [1.165, 1.54) is 13.0 Å². The Bertz CT molecular complexity index is 579. The molecule has 0 aromatic carbocycles. The number of hydrogen-bond donors (Lipinski definition) is 3. The van der Waals surface area contributed by atoms with Crippen molar-refractivity contribution >= 4 is 17.3 Å². The number of likely N-dealkylation sites (tertiary alicyclic amines) is 1. The van der Waals surface area contributed by atoms with Crippen LogP contribution in [0.4, 0.5) is 11.6 Å². The van der Waals surface area contributed by atoms with Gasteiger partial charge in [0, 0.05) is 25.0 Å². The second-order valence-corrected chi connectivity index (χ2v) is 5.15. The molecule has 0 aliphatic carbocycles. The van der Waals surface area contributed by atoms with Gasteiger partial charge in [-0.2, -0.15) is 0 Å². The molecule has 0 spiro atoms. The first-order valence-electron chi connectivity index (χ1n) is 7.09. The Balaban J connectivity index is 1.84. The molecule has 3 rings (SSSR count). The fraction of sp³-hybridized carbons (Fsp3) is 0.538. The van der Waals surface area contributed by atoms with Gasteiger partial charge in [-0.05, 0) is 25.9 Å². The van der Waals surface area contributed by atoms with Crippen molar-refractivity contribution in [3.05, 3.63) is 18.6 Å². The summed E-state index contributed by atoms with van der Waals surface area (Å²) >= 11 is 0. The van der Waals surface area contributed by atoms with Gasteiger partial charge in [0.15, 0.2) is 17.3 Å². The third-order valence-electron chi connectivity index (χ3n) is 3.82. The van der Waals surface area contributed by atoms with Gasteiger partial charge < -0.3 is 20.0 Å². The highest BCUT2D eigenvalue weighted by atomic mass is 15.3. The lowest BCUT2D eigenvalue weighted by molar-refractivity contribution is 0.226. The molecule has 1 saturated heterocycles. The number of aromatic nitrogens is 3. The predicted molar refractivity (Wildman–Crippen MR) is 79.6 cm³/mol. The lowest BCUT2D eigenvalue weighted by atomic mass is 10.1. The number of fused-ring (bicyclic) bond motifs is 1. The number of nitrogens with one attached hydrogen (secondary N) is 2. The first-order chi connectivity index (χ1) is 9.80. The summed E-state index contributed by atoms with van der Waals surface area (Å²) in [5.41, 5.74) is 3.43. The maximum absolute atomic E-state index is 5.47. The summed E-state index contributed by atoms with van der Waals surface area (Å²) in [6.07, 6.45) is 7.85. The molecule has 3 heterocycles. The molecule has 2 aromatic rings. The summed E-state index contributed by atoms with van der Waals surface area (Å²) in [4.78, 5) is 11.3. The highest BCUT2D eigenvalue weighted by molar-refractivity contribution is 5.65. The molecule has 0 amide bonds. The van der Waals surface area contributed by atoms with Gasteiger partial charge in [-0.1, -0.05) is 6.92 Å². The molecular formula is C13H21N7. The maximum atomic E-state index is 5.47. The van der Waals surface area contributed by atoms with E-state index in [-0.39, 0.29) is 0 Å². The van der Waals surface area contributed by atoms with Gasteiger partial charge in [-0.15, -0.1) is 0 Å². The number of piperidine rings is 1. The van der Waals surface area contributed by atoms with E-state index in [9.17, 15) is 0 Å². The van der Waals surface area contributed by atoms with Crippen LogP contribution in [0.5, 0.6) is 0 Å². The number of nitrogen functional groups attached to an aromatic ring is 1. The van der Waals surface area contributed by atoms with Gasteiger partial charge in [0.25, 0.3) is 0 Å². The van der Waals surface area contributed by atoms with E-state index >= 15 is 0 Å². The summed E-state index contributed by atoms with van der Waals surface area (Å²) in [5.74, 6) is 6.88. The zero-order chi connectivity index (χ0) is 13.9. The highest BCUT2D eigenvalue weighted by Crippen LogP contribution is 2.20. The van der Waals surface area contributed by atoms with Crippen LogP contribution in [0.2, 0.25) is 0 Å². The van der Waals surface area contributed by atoms with Crippen LogP contribution >= 0.6 is 0 Å². The van der Waals surface area contributed by atoms with Crippen molar-refractivity contribution in [1.82, 2.24) is 19.3 Å². The average molecular weight is 275 g/mol. The first kappa shape index (κ1) is 13.1. The van der Waals surface area contributed by atoms with E-state index in [1.807, 2.05) is 16.8 Å². The minimum atomic E-state index is 0.407. The molecule has 2 aromatic heterocycles. The van der Waals surface area contributed by atoms with Crippen molar-refractivity contribution in [3.63, 3.8) is 0 Å². The number of imidazole rings is 1. The number of anilines is 2. The second kappa shape index (κ2) is 5.64. The normalized spacial score (nSPS) is 20.2. The summed E-state index contributed by atoms with van der Waals surface area (Å²) in [5, 5.41) is 3.52. The molecule has 7 heteroatoms. The fourth-order valence-corrected chi connectivity index (χ4v) is 2.75. The monoisotopic (exact) mass is 275 g/mol. The molecule has 1 unspecified atom stereocenters. The Labute approximate surface area is 118 Å². The van der Waals surface area contributed by atoms with Crippen molar-refractivity contribution in [2.45, 2.75) is 25.8 Å². The molecule has 1 aliphatic rings. The van der Waals surface area contributed by atoms with Crippen LogP contribution in [0.3, 0.4) is 0 Å². The average Bonchev–Trinajstić information content (AvgIpc) is 2.96. The molecular weight excluding hydrogens is 254 g/mol.